The Morgan fingerprint density at radius 3 is 2.42 bits per heavy atom. The molecule has 1 heterocycles. The summed E-state index contributed by atoms with van der Waals surface area (Å²) in [6.07, 6.45) is 5.08. The summed E-state index contributed by atoms with van der Waals surface area (Å²) in [7, 11) is 0. The van der Waals surface area contributed by atoms with Crippen LogP contribution in [0.25, 0.3) is 0 Å². The molecule has 1 aromatic heterocycles. The molecule has 2 N–H and O–H groups in total. The summed E-state index contributed by atoms with van der Waals surface area (Å²) >= 11 is 3.33. The Kier molecular flexibility index (Phi) is 6.22. The number of aryl methyl sites for hydroxylation is 1. The van der Waals surface area contributed by atoms with Gasteiger partial charge in [0.15, 0.2) is 0 Å². The van der Waals surface area contributed by atoms with Gasteiger partial charge in [0.25, 0.3) is 0 Å². The number of benzene rings is 1. The molecule has 0 amide bonds. The molecule has 0 fully saturated rings. The minimum Gasteiger partial charge on any atom is -0.397 e. The van der Waals surface area contributed by atoms with Gasteiger partial charge < -0.3 is 5.73 Å². The van der Waals surface area contributed by atoms with Crippen LogP contribution in [-0.2, 0) is 0 Å². The van der Waals surface area contributed by atoms with Gasteiger partial charge in [-0.3, -0.25) is 9.98 Å². The molecule has 0 aliphatic heterocycles. The number of nitrogens with two attached hydrogens (primary N) is 1. The minimum absolute atomic E-state index is 0.649. The van der Waals surface area contributed by atoms with Crippen molar-refractivity contribution in [3.63, 3.8) is 0 Å². The Hall–Kier alpha value is -1.68. The van der Waals surface area contributed by atoms with Gasteiger partial charge in [-0.15, -0.1) is 0 Å². The van der Waals surface area contributed by atoms with Crippen LogP contribution in [-0.4, -0.2) is 11.2 Å². The molecule has 1 aromatic carbocycles. The van der Waals surface area contributed by atoms with E-state index in [9.17, 15) is 0 Å². The van der Waals surface area contributed by atoms with Crippen LogP contribution in [0.1, 0.15) is 25.0 Å². The Balaban J connectivity index is 0.000000861. The van der Waals surface area contributed by atoms with E-state index in [1.165, 1.54) is 5.56 Å². The van der Waals surface area contributed by atoms with E-state index in [4.69, 9.17) is 5.73 Å². The van der Waals surface area contributed by atoms with E-state index in [1.54, 1.807) is 18.6 Å². The topological polar surface area (TPSA) is 51.3 Å². The number of nitrogens with zero attached hydrogens (tertiary/aromatic N) is 2. The van der Waals surface area contributed by atoms with Gasteiger partial charge in [-0.1, -0.05) is 31.5 Å². The second-order valence-electron chi connectivity index (χ2n) is 3.72. The fraction of sp³-hybridized carbons (Fsp3) is 0.200. The monoisotopic (exact) mass is 319 g/mol. The molecule has 0 aliphatic carbocycles. The zero-order valence-corrected chi connectivity index (χ0v) is 13.0. The van der Waals surface area contributed by atoms with Crippen LogP contribution >= 0.6 is 15.9 Å². The van der Waals surface area contributed by atoms with Crippen LogP contribution in [0.4, 0.5) is 11.4 Å². The van der Waals surface area contributed by atoms with E-state index in [-0.39, 0.29) is 0 Å². The van der Waals surface area contributed by atoms with Gasteiger partial charge in [0.1, 0.15) is 0 Å². The zero-order valence-electron chi connectivity index (χ0n) is 11.4. The van der Waals surface area contributed by atoms with Gasteiger partial charge in [-0.25, -0.2) is 0 Å². The predicted molar refractivity (Wildman–Crippen MR) is 86.1 cm³/mol. The van der Waals surface area contributed by atoms with Crippen molar-refractivity contribution in [1.29, 1.82) is 0 Å². The first-order valence-electron chi connectivity index (χ1n) is 6.16. The SMILES string of the molecule is CC.Cc1ccc(N=Cc2cncc(Br)c2N)cc1. The third-order valence-electron chi connectivity index (χ3n) is 2.36. The fourth-order valence-electron chi connectivity index (χ4n) is 1.34. The predicted octanol–water partition coefficient (Wildman–Crippen LogP) is 4.51. The van der Waals surface area contributed by atoms with E-state index >= 15 is 0 Å². The molecule has 2 rings (SSSR count). The van der Waals surface area contributed by atoms with Crippen molar-refractivity contribution in [1.82, 2.24) is 4.98 Å². The number of anilines is 1. The van der Waals surface area contributed by atoms with Gasteiger partial charge in [0.05, 0.1) is 15.8 Å². The number of aliphatic imine (C=N–C) groups is 1. The van der Waals surface area contributed by atoms with Gasteiger partial charge in [-0.05, 0) is 35.0 Å². The van der Waals surface area contributed by atoms with Crippen LogP contribution in [0.5, 0.6) is 0 Å². The summed E-state index contributed by atoms with van der Waals surface area (Å²) in [5.74, 6) is 0. The number of aromatic nitrogens is 1. The number of hydrogen-bond donors (Lipinski definition) is 1. The normalized spacial score (nSPS) is 10.1. The molecule has 3 nitrogen and oxygen atoms in total. The van der Waals surface area contributed by atoms with Crippen molar-refractivity contribution in [2.24, 2.45) is 4.99 Å². The number of pyridine rings is 1. The van der Waals surface area contributed by atoms with Crippen molar-refractivity contribution >= 4 is 33.5 Å². The van der Waals surface area contributed by atoms with Gasteiger partial charge >= 0.3 is 0 Å². The molecule has 0 radical (unpaired) electrons. The third kappa shape index (κ3) is 4.48. The molecule has 19 heavy (non-hydrogen) atoms. The number of rotatable bonds is 2. The summed E-state index contributed by atoms with van der Waals surface area (Å²) in [6.45, 7) is 6.05. The fourth-order valence-corrected chi connectivity index (χ4v) is 1.68. The maximum Gasteiger partial charge on any atom is 0.0630 e. The van der Waals surface area contributed by atoms with E-state index in [1.807, 2.05) is 45.0 Å². The van der Waals surface area contributed by atoms with Crippen molar-refractivity contribution in [3.05, 3.63) is 52.3 Å². The highest BCUT2D eigenvalue weighted by Gasteiger charge is 2.00. The second kappa shape index (κ2) is 7.69. The lowest BCUT2D eigenvalue weighted by molar-refractivity contribution is 1.30. The third-order valence-corrected chi connectivity index (χ3v) is 2.99. The first-order chi connectivity index (χ1) is 9.16. The van der Waals surface area contributed by atoms with E-state index in [0.29, 0.717) is 5.69 Å². The standard InChI is InChI=1S/C13H12BrN3.C2H6/c1-9-2-4-11(5-3-9)17-7-10-6-16-8-12(14)13(10)15;1-2/h2-8H,1H3,(H2,15,16);1-2H3. The average Bonchev–Trinajstić information content (AvgIpc) is 2.44. The highest BCUT2D eigenvalue weighted by Crippen LogP contribution is 2.21. The molecule has 0 spiro atoms. The Morgan fingerprint density at radius 2 is 1.79 bits per heavy atom. The van der Waals surface area contributed by atoms with E-state index in [0.717, 1.165) is 15.7 Å². The molecule has 0 unspecified atom stereocenters. The lowest BCUT2D eigenvalue weighted by Crippen LogP contribution is -1.95. The molecule has 0 bridgehead atoms. The highest BCUT2D eigenvalue weighted by molar-refractivity contribution is 9.10. The number of nitrogen functional groups attached to an aromatic ring is 1. The average molecular weight is 320 g/mol. The number of hydrogen-bond acceptors (Lipinski definition) is 3. The smallest absolute Gasteiger partial charge is 0.0630 e. The summed E-state index contributed by atoms with van der Waals surface area (Å²) in [4.78, 5) is 8.41. The molecule has 2 aromatic rings. The Labute approximate surface area is 122 Å². The maximum absolute atomic E-state index is 5.89. The first-order valence-corrected chi connectivity index (χ1v) is 6.96. The quantitative estimate of drug-likeness (QED) is 0.828. The highest BCUT2D eigenvalue weighted by atomic mass is 79.9. The summed E-state index contributed by atoms with van der Waals surface area (Å²) < 4.78 is 0.783. The molecule has 0 atom stereocenters. The molecular formula is C15H18BrN3. The van der Waals surface area contributed by atoms with Crippen LogP contribution in [0.3, 0.4) is 0 Å². The molecule has 0 aliphatic rings. The molecule has 0 saturated carbocycles. The first kappa shape index (κ1) is 15.4. The van der Waals surface area contributed by atoms with Gasteiger partial charge in [0.2, 0.25) is 0 Å². The Bertz CT molecular complexity index is 548. The van der Waals surface area contributed by atoms with E-state index < -0.39 is 0 Å². The van der Waals surface area contributed by atoms with Crippen molar-refractivity contribution in [2.45, 2.75) is 20.8 Å². The summed E-state index contributed by atoms with van der Waals surface area (Å²) in [6, 6.07) is 7.98. The summed E-state index contributed by atoms with van der Waals surface area (Å²) in [5, 5.41) is 0. The molecule has 100 valence electrons. The van der Waals surface area contributed by atoms with Crippen molar-refractivity contribution in [3.8, 4) is 0 Å². The number of halogens is 1. The van der Waals surface area contributed by atoms with Crippen molar-refractivity contribution in [2.75, 3.05) is 5.73 Å². The minimum atomic E-state index is 0.649. The van der Waals surface area contributed by atoms with Gasteiger partial charge in [-0.2, -0.15) is 0 Å². The Morgan fingerprint density at radius 1 is 1.16 bits per heavy atom. The van der Waals surface area contributed by atoms with Gasteiger partial charge in [0, 0.05) is 24.2 Å². The zero-order chi connectivity index (χ0) is 14.3. The van der Waals surface area contributed by atoms with E-state index in [2.05, 4.69) is 25.9 Å². The van der Waals surface area contributed by atoms with Crippen LogP contribution in [0.2, 0.25) is 0 Å². The molecule has 0 saturated heterocycles. The van der Waals surface area contributed by atoms with Crippen LogP contribution in [0, 0.1) is 6.92 Å². The molecule has 4 heteroatoms. The van der Waals surface area contributed by atoms with Crippen LogP contribution < -0.4 is 5.73 Å². The van der Waals surface area contributed by atoms with Crippen LogP contribution in [0.15, 0.2) is 46.1 Å². The second-order valence-corrected chi connectivity index (χ2v) is 4.57. The summed E-state index contributed by atoms with van der Waals surface area (Å²) in [5.41, 5.74) is 9.46. The lowest BCUT2D eigenvalue weighted by Gasteiger charge is -2.01. The largest absolute Gasteiger partial charge is 0.397 e. The van der Waals surface area contributed by atoms with Crippen molar-refractivity contribution < 1.29 is 0 Å². The maximum atomic E-state index is 5.89. The lowest BCUT2D eigenvalue weighted by atomic mass is 10.2. The molecular weight excluding hydrogens is 302 g/mol.